The lowest BCUT2D eigenvalue weighted by atomic mass is 10.1. The van der Waals surface area contributed by atoms with Crippen LogP contribution in [0.4, 0.5) is 0 Å². The summed E-state index contributed by atoms with van der Waals surface area (Å²) in [7, 11) is 3.17. The van der Waals surface area contributed by atoms with Crippen molar-refractivity contribution >= 4 is 5.90 Å². The van der Waals surface area contributed by atoms with Crippen molar-refractivity contribution in [3.8, 4) is 11.5 Å². The monoisotopic (exact) mass is 223 g/mol. The molecule has 0 heterocycles. The van der Waals surface area contributed by atoms with Crippen LogP contribution in [-0.2, 0) is 4.74 Å². The molecule has 0 saturated carbocycles. The minimum Gasteiger partial charge on any atom is -0.497 e. The summed E-state index contributed by atoms with van der Waals surface area (Å²) in [6.45, 7) is 4.21. The van der Waals surface area contributed by atoms with Gasteiger partial charge in [0.2, 0.25) is 5.90 Å². The highest BCUT2D eigenvalue weighted by atomic mass is 16.5. The van der Waals surface area contributed by atoms with Crippen LogP contribution >= 0.6 is 0 Å². The van der Waals surface area contributed by atoms with Crippen molar-refractivity contribution in [2.24, 2.45) is 0 Å². The Hall–Kier alpha value is -1.71. The summed E-state index contributed by atoms with van der Waals surface area (Å²) in [6, 6.07) is 3.56. The van der Waals surface area contributed by atoms with E-state index in [0.717, 1.165) is 5.56 Å². The van der Waals surface area contributed by atoms with Crippen LogP contribution in [0.5, 0.6) is 11.5 Å². The second-order valence-corrected chi connectivity index (χ2v) is 3.26. The molecule has 1 aromatic carbocycles. The Morgan fingerprint density at radius 1 is 1.25 bits per heavy atom. The van der Waals surface area contributed by atoms with Gasteiger partial charge in [0.25, 0.3) is 0 Å². The Bertz CT molecular complexity index is 388. The summed E-state index contributed by atoms with van der Waals surface area (Å²) in [5.41, 5.74) is 1.57. The van der Waals surface area contributed by atoms with Crippen molar-refractivity contribution in [2.45, 2.75) is 13.8 Å². The van der Waals surface area contributed by atoms with Gasteiger partial charge < -0.3 is 14.2 Å². The highest BCUT2D eigenvalue weighted by Crippen LogP contribution is 2.28. The van der Waals surface area contributed by atoms with E-state index in [0.29, 0.717) is 23.7 Å². The summed E-state index contributed by atoms with van der Waals surface area (Å²) in [5.74, 6) is 1.48. The molecule has 0 aromatic heterocycles. The van der Waals surface area contributed by atoms with Crippen LogP contribution in [0.25, 0.3) is 0 Å². The number of methoxy groups -OCH3 is 2. The van der Waals surface area contributed by atoms with E-state index in [9.17, 15) is 0 Å². The van der Waals surface area contributed by atoms with Crippen molar-refractivity contribution in [3.63, 3.8) is 0 Å². The van der Waals surface area contributed by atoms with Gasteiger partial charge in [-0.2, -0.15) is 0 Å². The van der Waals surface area contributed by atoms with Crippen molar-refractivity contribution in [2.75, 3.05) is 20.8 Å². The average Bonchev–Trinajstić information content (AvgIpc) is 2.29. The SMILES string of the molecule is CCOC(=N)c1cc(OC)cc(OC)c1C. The lowest BCUT2D eigenvalue weighted by molar-refractivity contribution is 0.324. The molecule has 1 rings (SSSR count). The number of ether oxygens (including phenoxy) is 3. The van der Waals surface area contributed by atoms with Crippen LogP contribution in [0.3, 0.4) is 0 Å². The fourth-order valence-electron chi connectivity index (χ4n) is 1.45. The third-order valence-corrected chi connectivity index (χ3v) is 2.32. The van der Waals surface area contributed by atoms with Gasteiger partial charge in [-0.25, -0.2) is 0 Å². The van der Waals surface area contributed by atoms with Crippen LogP contribution in [-0.4, -0.2) is 26.7 Å². The van der Waals surface area contributed by atoms with Crippen molar-refractivity contribution in [3.05, 3.63) is 23.3 Å². The number of nitrogens with one attached hydrogen (secondary N) is 1. The van der Waals surface area contributed by atoms with Crippen LogP contribution < -0.4 is 9.47 Å². The van der Waals surface area contributed by atoms with Gasteiger partial charge in [-0.3, -0.25) is 5.41 Å². The molecule has 0 spiro atoms. The predicted molar refractivity (Wildman–Crippen MR) is 62.7 cm³/mol. The maximum atomic E-state index is 7.78. The van der Waals surface area contributed by atoms with Gasteiger partial charge in [-0.05, 0) is 19.9 Å². The molecule has 0 aliphatic carbocycles. The van der Waals surface area contributed by atoms with Gasteiger partial charge in [-0.1, -0.05) is 0 Å². The Balaban J connectivity index is 3.20. The first-order chi connectivity index (χ1) is 7.63. The third-order valence-electron chi connectivity index (χ3n) is 2.32. The molecule has 88 valence electrons. The Morgan fingerprint density at radius 3 is 2.44 bits per heavy atom. The molecule has 0 unspecified atom stereocenters. The molecule has 0 aliphatic heterocycles. The van der Waals surface area contributed by atoms with Crippen molar-refractivity contribution < 1.29 is 14.2 Å². The van der Waals surface area contributed by atoms with Gasteiger partial charge in [0, 0.05) is 17.2 Å². The van der Waals surface area contributed by atoms with Gasteiger partial charge >= 0.3 is 0 Å². The molecule has 0 fully saturated rings. The predicted octanol–water partition coefficient (Wildman–Crippen LogP) is 2.37. The van der Waals surface area contributed by atoms with Gasteiger partial charge in [0.1, 0.15) is 11.5 Å². The molecular formula is C12H17NO3. The third kappa shape index (κ3) is 2.45. The van der Waals surface area contributed by atoms with E-state index < -0.39 is 0 Å². The minimum atomic E-state index is 0.136. The van der Waals surface area contributed by atoms with Gasteiger partial charge in [0.15, 0.2) is 0 Å². The highest BCUT2D eigenvalue weighted by Gasteiger charge is 2.12. The highest BCUT2D eigenvalue weighted by molar-refractivity contribution is 5.94. The minimum absolute atomic E-state index is 0.136. The zero-order valence-corrected chi connectivity index (χ0v) is 10.1. The number of hydrogen-bond donors (Lipinski definition) is 1. The number of rotatable bonds is 4. The second-order valence-electron chi connectivity index (χ2n) is 3.26. The van der Waals surface area contributed by atoms with Gasteiger partial charge in [-0.15, -0.1) is 0 Å². The van der Waals surface area contributed by atoms with Crippen LogP contribution in [0.15, 0.2) is 12.1 Å². The quantitative estimate of drug-likeness (QED) is 0.629. The fraction of sp³-hybridized carbons (Fsp3) is 0.417. The zero-order valence-electron chi connectivity index (χ0n) is 10.1. The van der Waals surface area contributed by atoms with E-state index in [1.54, 1.807) is 26.4 Å². The average molecular weight is 223 g/mol. The first kappa shape index (κ1) is 12.4. The van der Waals surface area contributed by atoms with Crippen LogP contribution in [0, 0.1) is 12.3 Å². The van der Waals surface area contributed by atoms with E-state index in [1.807, 2.05) is 13.8 Å². The molecule has 4 heteroatoms. The lowest BCUT2D eigenvalue weighted by Crippen LogP contribution is -2.08. The van der Waals surface area contributed by atoms with E-state index >= 15 is 0 Å². The second kappa shape index (κ2) is 5.39. The van der Waals surface area contributed by atoms with E-state index in [4.69, 9.17) is 19.6 Å². The maximum Gasteiger partial charge on any atom is 0.213 e. The Kier molecular flexibility index (Phi) is 4.17. The summed E-state index contributed by atoms with van der Waals surface area (Å²) in [4.78, 5) is 0. The van der Waals surface area contributed by atoms with Crippen LogP contribution in [0.1, 0.15) is 18.1 Å². The fourth-order valence-corrected chi connectivity index (χ4v) is 1.45. The van der Waals surface area contributed by atoms with Gasteiger partial charge in [0.05, 0.1) is 20.8 Å². The Labute approximate surface area is 95.6 Å². The summed E-state index contributed by atoms with van der Waals surface area (Å²) >= 11 is 0. The van der Waals surface area contributed by atoms with Crippen molar-refractivity contribution in [1.29, 1.82) is 5.41 Å². The molecule has 0 bridgehead atoms. The molecule has 0 aliphatic rings. The molecule has 0 radical (unpaired) electrons. The lowest BCUT2D eigenvalue weighted by Gasteiger charge is -2.13. The van der Waals surface area contributed by atoms with E-state index in [2.05, 4.69) is 0 Å². The molecule has 0 amide bonds. The zero-order chi connectivity index (χ0) is 12.1. The first-order valence-corrected chi connectivity index (χ1v) is 5.08. The topological polar surface area (TPSA) is 51.5 Å². The summed E-state index contributed by atoms with van der Waals surface area (Å²) in [5, 5.41) is 7.78. The largest absolute Gasteiger partial charge is 0.497 e. The van der Waals surface area contributed by atoms with E-state index in [-0.39, 0.29) is 5.90 Å². The molecule has 1 N–H and O–H groups in total. The molecular weight excluding hydrogens is 206 g/mol. The molecule has 0 atom stereocenters. The normalized spacial score (nSPS) is 9.75. The molecule has 16 heavy (non-hydrogen) atoms. The van der Waals surface area contributed by atoms with Crippen LogP contribution in [0.2, 0.25) is 0 Å². The summed E-state index contributed by atoms with van der Waals surface area (Å²) in [6.07, 6.45) is 0. The maximum absolute atomic E-state index is 7.78. The van der Waals surface area contributed by atoms with Crippen molar-refractivity contribution in [1.82, 2.24) is 0 Å². The molecule has 0 saturated heterocycles. The number of hydrogen-bond acceptors (Lipinski definition) is 4. The standard InChI is InChI=1S/C12H17NO3/c1-5-16-12(13)10-6-9(14-3)7-11(15-4)8(10)2/h6-7,13H,5H2,1-4H3. The smallest absolute Gasteiger partial charge is 0.213 e. The van der Waals surface area contributed by atoms with E-state index in [1.165, 1.54) is 0 Å². The first-order valence-electron chi connectivity index (χ1n) is 5.08. The molecule has 4 nitrogen and oxygen atoms in total. The number of benzene rings is 1. The summed E-state index contributed by atoms with van der Waals surface area (Å²) < 4.78 is 15.6. The Morgan fingerprint density at radius 2 is 1.94 bits per heavy atom. The molecule has 1 aromatic rings.